The van der Waals surface area contributed by atoms with Crippen LogP contribution < -0.4 is 16.4 Å². The van der Waals surface area contributed by atoms with Crippen LogP contribution in [0.25, 0.3) is 11.0 Å². The molecule has 2 aromatic carbocycles. The van der Waals surface area contributed by atoms with Gasteiger partial charge < -0.3 is 14.9 Å². The van der Waals surface area contributed by atoms with Gasteiger partial charge in [0.1, 0.15) is 0 Å². The van der Waals surface area contributed by atoms with Gasteiger partial charge >= 0.3 is 11.1 Å². The van der Waals surface area contributed by atoms with Crippen LogP contribution in [-0.2, 0) is 6.54 Å². The van der Waals surface area contributed by atoms with Crippen molar-refractivity contribution < 1.29 is 4.79 Å². The van der Waals surface area contributed by atoms with E-state index in [9.17, 15) is 14.4 Å². The van der Waals surface area contributed by atoms with E-state index in [1.807, 2.05) is 24.3 Å². The maximum atomic E-state index is 12.9. The van der Waals surface area contributed by atoms with Crippen LogP contribution in [0.2, 0.25) is 5.02 Å². The molecule has 1 atom stereocenters. The lowest BCUT2D eigenvalue weighted by molar-refractivity contribution is 0.0932. The van der Waals surface area contributed by atoms with Gasteiger partial charge in [0.2, 0.25) is 0 Å². The van der Waals surface area contributed by atoms with Gasteiger partial charge in [0.25, 0.3) is 5.91 Å². The van der Waals surface area contributed by atoms with Crippen molar-refractivity contribution >= 4 is 28.5 Å². The van der Waals surface area contributed by atoms with Crippen molar-refractivity contribution in [1.82, 2.24) is 14.9 Å². The summed E-state index contributed by atoms with van der Waals surface area (Å²) in [6.45, 7) is 2.18. The Balaban J connectivity index is 1.66. The number of hydrogen-bond donors (Lipinski definition) is 2. The molecule has 3 aromatic rings. The Morgan fingerprint density at radius 2 is 1.93 bits per heavy atom. The molecule has 1 saturated carbocycles. The number of amides is 1. The van der Waals surface area contributed by atoms with E-state index in [1.54, 1.807) is 25.1 Å². The van der Waals surface area contributed by atoms with Crippen LogP contribution in [0.5, 0.6) is 0 Å². The number of aromatic amines is 1. The predicted molar refractivity (Wildman–Crippen MR) is 109 cm³/mol. The average Bonchev–Trinajstić information content (AvgIpc) is 3.52. The van der Waals surface area contributed by atoms with E-state index in [1.165, 1.54) is 4.57 Å². The highest BCUT2D eigenvalue weighted by atomic mass is 35.5. The Morgan fingerprint density at radius 3 is 2.57 bits per heavy atom. The van der Waals surface area contributed by atoms with E-state index in [-0.39, 0.29) is 11.9 Å². The predicted octanol–water partition coefficient (Wildman–Crippen LogP) is 3.24. The lowest BCUT2D eigenvalue weighted by Crippen LogP contribution is -2.36. The minimum Gasteiger partial charge on any atom is -0.345 e. The molecule has 4 rings (SSSR count). The Hall–Kier alpha value is -2.86. The van der Waals surface area contributed by atoms with E-state index >= 15 is 0 Å². The molecule has 1 heterocycles. The number of aryl methyl sites for hydroxylation is 1. The molecule has 1 amide bonds. The molecule has 28 heavy (non-hydrogen) atoms. The first kappa shape index (κ1) is 18.5. The molecule has 6 nitrogen and oxygen atoms in total. The quantitative estimate of drug-likeness (QED) is 0.648. The molecule has 0 radical (unpaired) electrons. The molecule has 0 saturated heterocycles. The third kappa shape index (κ3) is 3.47. The topological polar surface area (TPSA) is 84.0 Å². The molecule has 2 N–H and O–H groups in total. The summed E-state index contributed by atoms with van der Waals surface area (Å²) in [5.74, 6) is 0.194. The minimum absolute atomic E-state index is 0.0795. The lowest BCUT2D eigenvalue weighted by Gasteiger charge is -2.19. The van der Waals surface area contributed by atoms with Gasteiger partial charge in [-0.05, 0) is 61.6 Å². The second-order valence-corrected chi connectivity index (χ2v) is 7.51. The Bertz CT molecular complexity index is 1160. The molecule has 0 unspecified atom stereocenters. The number of halogens is 1. The number of nitrogens with zero attached hydrogens (tertiary/aromatic N) is 1. The van der Waals surface area contributed by atoms with Gasteiger partial charge in [0, 0.05) is 17.1 Å². The maximum Gasteiger partial charge on any atom is 0.316 e. The fraction of sp³-hybridized carbons (Fsp3) is 0.286. The standard InChI is InChI=1S/C21H20ClN3O3/c1-2-25-17-10-7-14(11-16(17)23-20(27)21(25)28)19(26)24-18(12-3-4-12)13-5-8-15(22)9-6-13/h5-12,18H,2-4H2,1H3,(H,23,27)(H,24,26)/t18-/m0/s1. The van der Waals surface area contributed by atoms with Gasteiger partial charge in [-0.3, -0.25) is 14.4 Å². The van der Waals surface area contributed by atoms with Crippen molar-refractivity contribution in [1.29, 1.82) is 0 Å². The van der Waals surface area contributed by atoms with E-state index in [0.717, 1.165) is 18.4 Å². The summed E-state index contributed by atoms with van der Waals surface area (Å²) >= 11 is 5.98. The smallest absolute Gasteiger partial charge is 0.316 e. The fourth-order valence-corrected chi connectivity index (χ4v) is 3.66. The van der Waals surface area contributed by atoms with Gasteiger partial charge in [-0.1, -0.05) is 23.7 Å². The maximum absolute atomic E-state index is 12.9. The zero-order valence-corrected chi connectivity index (χ0v) is 16.1. The Kier molecular flexibility index (Phi) is 4.81. The molecule has 0 bridgehead atoms. The zero-order valence-electron chi connectivity index (χ0n) is 15.4. The third-order valence-electron chi connectivity index (χ3n) is 5.16. The summed E-state index contributed by atoms with van der Waals surface area (Å²) in [6, 6.07) is 12.4. The molecule has 0 spiro atoms. The van der Waals surface area contributed by atoms with Gasteiger partial charge in [-0.25, -0.2) is 0 Å². The highest BCUT2D eigenvalue weighted by Gasteiger charge is 2.33. The van der Waals surface area contributed by atoms with Crippen molar-refractivity contribution in [3.63, 3.8) is 0 Å². The Labute approximate surface area is 166 Å². The summed E-state index contributed by atoms with van der Waals surface area (Å²) in [5, 5.41) is 3.77. The minimum atomic E-state index is -0.691. The number of hydrogen-bond acceptors (Lipinski definition) is 3. The normalized spacial score (nSPS) is 14.8. The number of carbonyl (C=O) groups is 1. The molecule has 1 aromatic heterocycles. The van der Waals surface area contributed by atoms with E-state index < -0.39 is 11.1 Å². The first-order valence-electron chi connectivity index (χ1n) is 9.31. The number of aromatic nitrogens is 2. The van der Waals surface area contributed by atoms with Gasteiger partial charge in [0.05, 0.1) is 17.1 Å². The highest BCUT2D eigenvalue weighted by Crippen LogP contribution is 2.41. The van der Waals surface area contributed by atoms with Gasteiger partial charge in [-0.2, -0.15) is 0 Å². The second kappa shape index (κ2) is 7.28. The van der Waals surface area contributed by atoms with Crippen LogP contribution in [0.1, 0.15) is 41.7 Å². The van der Waals surface area contributed by atoms with E-state index in [2.05, 4.69) is 10.3 Å². The summed E-state index contributed by atoms with van der Waals surface area (Å²) in [4.78, 5) is 39.3. The molecule has 1 aliphatic rings. The SMILES string of the molecule is CCn1c(=O)c(=O)[nH]c2cc(C(=O)N[C@H](c3ccc(Cl)cc3)C3CC3)ccc21. The molecular weight excluding hydrogens is 378 g/mol. The Morgan fingerprint density at radius 1 is 1.21 bits per heavy atom. The molecule has 1 fully saturated rings. The van der Waals surface area contributed by atoms with Gasteiger partial charge in [0.15, 0.2) is 0 Å². The van der Waals surface area contributed by atoms with Crippen LogP contribution in [0.15, 0.2) is 52.1 Å². The van der Waals surface area contributed by atoms with Crippen LogP contribution >= 0.6 is 11.6 Å². The van der Waals surface area contributed by atoms with Crippen LogP contribution in [0.4, 0.5) is 0 Å². The van der Waals surface area contributed by atoms with Gasteiger partial charge in [-0.15, -0.1) is 0 Å². The number of nitrogens with one attached hydrogen (secondary N) is 2. The molecule has 0 aliphatic heterocycles. The monoisotopic (exact) mass is 397 g/mol. The van der Waals surface area contributed by atoms with Crippen LogP contribution in [-0.4, -0.2) is 15.5 Å². The molecule has 7 heteroatoms. The zero-order chi connectivity index (χ0) is 19.8. The first-order valence-corrected chi connectivity index (χ1v) is 9.69. The molecule has 144 valence electrons. The molecular formula is C21H20ClN3O3. The van der Waals surface area contributed by atoms with Crippen LogP contribution in [0.3, 0.4) is 0 Å². The number of H-pyrrole nitrogens is 1. The van der Waals surface area contributed by atoms with E-state index in [0.29, 0.717) is 34.1 Å². The molecule has 1 aliphatic carbocycles. The van der Waals surface area contributed by atoms with E-state index in [4.69, 9.17) is 11.6 Å². The number of carbonyl (C=O) groups excluding carboxylic acids is 1. The average molecular weight is 398 g/mol. The largest absolute Gasteiger partial charge is 0.345 e. The summed E-state index contributed by atoms with van der Waals surface area (Å²) in [6.07, 6.45) is 2.14. The number of benzene rings is 2. The first-order chi connectivity index (χ1) is 13.5. The lowest BCUT2D eigenvalue weighted by atomic mass is 10.0. The van der Waals surface area contributed by atoms with Crippen molar-refractivity contribution in [2.45, 2.75) is 32.4 Å². The summed E-state index contributed by atoms with van der Waals surface area (Å²) in [7, 11) is 0. The van der Waals surface area contributed by atoms with Crippen molar-refractivity contribution in [3.05, 3.63) is 79.3 Å². The second-order valence-electron chi connectivity index (χ2n) is 7.08. The summed E-state index contributed by atoms with van der Waals surface area (Å²) < 4.78 is 1.40. The number of fused-ring (bicyclic) bond motifs is 1. The third-order valence-corrected chi connectivity index (χ3v) is 5.41. The highest BCUT2D eigenvalue weighted by molar-refractivity contribution is 6.30. The fourth-order valence-electron chi connectivity index (χ4n) is 3.53. The number of rotatable bonds is 5. The summed E-state index contributed by atoms with van der Waals surface area (Å²) in [5.41, 5.74) is 1.24. The van der Waals surface area contributed by atoms with Crippen molar-refractivity contribution in [2.75, 3.05) is 0 Å². The van der Waals surface area contributed by atoms with Crippen LogP contribution in [0, 0.1) is 5.92 Å². The van der Waals surface area contributed by atoms with Crippen molar-refractivity contribution in [2.24, 2.45) is 5.92 Å². The van der Waals surface area contributed by atoms with Crippen molar-refractivity contribution in [3.8, 4) is 0 Å².